The number of fused-ring (bicyclic) bond motifs is 2. The van der Waals surface area contributed by atoms with E-state index in [9.17, 15) is 0 Å². The summed E-state index contributed by atoms with van der Waals surface area (Å²) >= 11 is 0. The Kier molecular flexibility index (Phi) is 10.0. The van der Waals surface area contributed by atoms with E-state index in [2.05, 4.69) is 98.8 Å². The summed E-state index contributed by atoms with van der Waals surface area (Å²) < 4.78 is 6.30. The third kappa shape index (κ3) is 6.18. The zero-order chi connectivity index (χ0) is 26.6. The van der Waals surface area contributed by atoms with Crippen molar-refractivity contribution in [1.29, 1.82) is 0 Å². The van der Waals surface area contributed by atoms with Crippen LogP contribution in [0.15, 0.2) is 89.9 Å². The van der Waals surface area contributed by atoms with Crippen LogP contribution in [0.5, 0.6) is 0 Å². The van der Waals surface area contributed by atoms with Crippen molar-refractivity contribution in [2.45, 2.75) is 76.9 Å². The van der Waals surface area contributed by atoms with Crippen LogP contribution in [-0.4, -0.2) is 24.2 Å². The van der Waals surface area contributed by atoms with Gasteiger partial charge < -0.3 is 4.74 Å². The first-order valence-corrected chi connectivity index (χ1v) is 16.6. The molecule has 2 fully saturated rings. The van der Waals surface area contributed by atoms with Gasteiger partial charge in [-0.05, 0) is 64.5 Å². The Balaban J connectivity index is 0.000000487. The molecule has 4 heteroatoms. The minimum Gasteiger partial charge on any atom is -0.478 e. The van der Waals surface area contributed by atoms with Gasteiger partial charge in [0.2, 0.25) is 0 Å². The van der Waals surface area contributed by atoms with E-state index in [-0.39, 0.29) is 17.1 Å². The summed E-state index contributed by atoms with van der Waals surface area (Å²) in [6, 6.07) is 31.9. The van der Waals surface area contributed by atoms with Gasteiger partial charge in [-0.3, -0.25) is 0 Å². The van der Waals surface area contributed by atoms with Crippen molar-refractivity contribution in [3.63, 3.8) is 0 Å². The van der Waals surface area contributed by atoms with E-state index in [4.69, 9.17) is 9.73 Å². The van der Waals surface area contributed by atoms with Gasteiger partial charge in [0.25, 0.3) is 0 Å². The predicted octanol–water partition coefficient (Wildman–Crippen LogP) is 9.00. The van der Waals surface area contributed by atoms with Crippen LogP contribution in [0.1, 0.15) is 65.2 Å². The van der Waals surface area contributed by atoms with Crippen molar-refractivity contribution in [3.05, 3.63) is 84.9 Å². The molecule has 2 aliphatic carbocycles. The van der Waals surface area contributed by atoms with Gasteiger partial charge in [0.05, 0.1) is 6.04 Å². The molecule has 1 aliphatic heterocycles. The molecule has 2 nitrogen and oxygen atoms in total. The molecule has 0 aromatic heterocycles. The monoisotopic (exact) mass is 591 g/mol. The van der Waals surface area contributed by atoms with Crippen molar-refractivity contribution in [2.24, 2.45) is 16.8 Å². The Bertz CT molecular complexity index is 1350. The van der Waals surface area contributed by atoms with E-state index >= 15 is 0 Å². The maximum atomic E-state index is 6.30. The number of aliphatic imine (C=N–C) groups is 1. The van der Waals surface area contributed by atoms with Gasteiger partial charge in [0, 0.05) is 23.0 Å². The average Bonchev–Trinajstić information content (AvgIpc) is 3.77. The van der Waals surface area contributed by atoms with Crippen LogP contribution >= 0.6 is 7.92 Å². The summed E-state index contributed by atoms with van der Waals surface area (Å²) in [5.41, 5.74) is 0.538. The van der Waals surface area contributed by atoms with Crippen LogP contribution in [0.3, 0.4) is 0 Å². The first-order chi connectivity index (χ1) is 19.2. The first-order valence-electron chi connectivity index (χ1n) is 15.2. The number of rotatable bonds is 5. The molecule has 40 heavy (non-hydrogen) atoms. The molecule has 0 N–H and O–H groups in total. The van der Waals surface area contributed by atoms with Crippen LogP contribution in [0, 0.1) is 11.8 Å². The van der Waals surface area contributed by atoms with Crippen molar-refractivity contribution >= 4 is 46.0 Å². The zero-order valence-corrected chi connectivity index (χ0v) is 25.9. The molecule has 3 aliphatic rings. The largest absolute Gasteiger partial charge is 0.478 e. The third-order valence-electron chi connectivity index (χ3n) is 8.90. The Morgan fingerprint density at radius 3 is 1.73 bits per heavy atom. The smallest absolute Gasteiger partial charge is 0.187 e. The minimum atomic E-state index is -0.597. The number of benzene rings is 4. The topological polar surface area (TPSA) is 21.6 Å². The van der Waals surface area contributed by atoms with Gasteiger partial charge in [-0.15, -0.1) is 0 Å². The summed E-state index contributed by atoms with van der Waals surface area (Å²) in [6.07, 6.45) is 11.2. The Morgan fingerprint density at radius 1 is 0.675 bits per heavy atom. The molecule has 0 bridgehead atoms. The molecule has 210 valence electrons. The average molecular weight is 592 g/mol. The molecule has 0 amide bonds. The molecule has 0 saturated heterocycles. The number of hydrogen-bond donors (Lipinski definition) is 0. The van der Waals surface area contributed by atoms with Crippen molar-refractivity contribution in [2.75, 3.05) is 6.61 Å². The Labute approximate surface area is 252 Å². The fourth-order valence-corrected chi connectivity index (χ4v) is 10.2. The summed E-state index contributed by atoms with van der Waals surface area (Å²) in [6.45, 7) is 5.26. The third-order valence-corrected chi connectivity index (χ3v) is 12.0. The Morgan fingerprint density at radius 2 is 1.20 bits per heavy atom. The summed E-state index contributed by atoms with van der Waals surface area (Å²) in [4.78, 5) is 5.12. The maximum absolute atomic E-state index is 6.30. The van der Waals surface area contributed by atoms with E-state index in [1.165, 1.54) is 83.5 Å². The van der Waals surface area contributed by atoms with E-state index in [1.807, 2.05) is 0 Å². The standard InChI is InChI=1S/C31H32NOP.C5H10.Fe/c1-21(2)27-20-33-31(32-27)26-16-9-19-30(26)34(28-17-7-12-22-10-3-5-14-24(22)28)29-18-8-13-23-11-4-6-15-25(23)29;1-2-4-5-3-1;/h3-8,10-15,17-18,21,26-27,30H,9,16,19-20H2,1-2H3;1-5H2;. The SMILES string of the molecule is C1CCCC1.CC(C)C1COC(C2CCCC2P(c2cccc3ccccc23)c2cccc3ccccc23)=N1.[Fe]. The van der Waals surface area contributed by atoms with Crippen LogP contribution in [0.4, 0.5) is 0 Å². The Hall–Kier alpha value is -2.18. The fraction of sp³-hybridized carbons (Fsp3) is 0.417. The molecule has 3 atom stereocenters. The van der Waals surface area contributed by atoms with Crippen LogP contribution in [-0.2, 0) is 21.8 Å². The molecule has 1 heterocycles. The van der Waals surface area contributed by atoms with E-state index in [0.29, 0.717) is 23.5 Å². The summed E-state index contributed by atoms with van der Waals surface area (Å²) in [5, 5.41) is 8.45. The molecule has 0 radical (unpaired) electrons. The van der Waals surface area contributed by atoms with Crippen LogP contribution < -0.4 is 10.6 Å². The second kappa shape index (κ2) is 13.7. The van der Waals surface area contributed by atoms with Gasteiger partial charge in [-0.25, -0.2) is 4.99 Å². The molecule has 7 rings (SSSR count). The van der Waals surface area contributed by atoms with Crippen molar-refractivity contribution < 1.29 is 21.8 Å². The van der Waals surface area contributed by atoms with Gasteiger partial charge >= 0.3 is 0 Å². The van der Waals surface area contributed by atoms with Crippen molar-refractivity contribution in [1.82, 2.24) is 0 Å². The molecule has 0 spiro atoms. The summed E-state index contributed by atoms with van der Waals surface area (Å²) in [5.74, 6) is 1.97. The number of ether oxygens (including phenoxy) is 1. The summed E-state index contributed by atoms with van der Waals surface area (Å²) in [7, 11) is -0.597. The van der Waals surface area contributed by atoms with Gasteiger partial charge in [-0.2, -0.15) is 0 Å². The van der Waals surface area contributed by atoms with Gasteiger partial charge in [-0.1, -0.05) is 137 Å². The quantitative estimate of drug-likeness (QED) is 0.168. The van der Waals surface area contributed by atoms with Gasteiger partial charge in [0.15, 0.2) is 5.90 Å². The molecule has 4 aromatic carbocycles. The van der Waals surface area contributed by atoms with E-state index in [0.717, 1.165) is 12.5 Å². The zero-order valence-electron chi connectivity index (χ0n) is 23.9. The molecule has 4 aromatic rings. The van der Waals surface area contributed by atoms with Crippen molar-refractivity contribution in [3.8, 4) is 0 Å². The normalized spacial score (nSPS) is 22.2. The number of nitrogens with zero attached hydrogens (tertiary/aromatic N) is 1. The van der Waals surface area contributed by atoms with E-state index < -0.39 is 7.92 Å². The van der Waals surface area contributed by atoms with Crippen LogP contribution in [0.25, 0.3) is 21.5 Å². The van der Waals surface area contributed by atoms with E-state index in [1.54, 1.807) is 0 Å². The number of hydrogen-bond acceptors (Lipinski definition) is 2. The molecular formula is C36H42FeNOP. The fourth-order valence-electron chi connectivity index (χ4n) is 6.70. The van der Waals surface area contributed by atoms with Crippen LogP contribution in [0.2, 0.25) is 0 Å². The van der Waals surface area contributed by atoms with Gasteiger partial charge in [0.1, 0.15) is 6.61 Å². The first kappa shape index (κ1) is 29.3. The molecular weight excluding hydrogens is 549 g/mol. The minimum absolute atomic E-state index is 0. The molecule has 3 unspecified atom stereocenters. The maximum Gasteiger partial charge on any atom is 0.187 e. The predicted molar refractivity (Wildman–Crippen MR) is 170 cm³/mol. The molecule has 2 saturated carbocycles. The second-order valence-corrected chi connectivity index (χ2v) is 14.2. The second-order valence-electron chi connectivity index (χ2n) is 11.8.